The standard InChI is InChI=1S/C26H53NO4/c1-3-5-7-8-9-10-11-12-13-14-15-16-18-20-25(30)24(22-28)27-26(31)21-23(29)19-17-6-4-2/h23-25,28-30H,3-22H2,1-2H3,(H,27,31)/t23-,24-,25+/m0/s1. The zero-order valence-corrected chi connectivity index (χ0v) is 20.6. The van der Waals surface area contributed by atoms with Crippen LogP contribution in [0.5, 0.6) is 0 Å². The zero-order valence-electron chi connectivity index (χ0n) is 20.6. The maximum Gasteiger partial charge on any atom is 0.222 e. The quantitative estimate of drug-likeness (QED) is 0.154. The molecule has 0 saturated heterocycles. The molecule has 0 bridgehead atoms. The van der Waals surface area contributed by atoms with Gasteiger partial charge in [0.25, 0.3) is 0 Å². The molecule has 0 rings (SSSR count). The normalized spacial score (nSPS) is 14.4. The van der Waals surface area contributed by atoms with Gasteiger partial charge in [0.05, 0.1) is 31.3 Å². The molecule has 5 nitrogen and oxygen atoms in total. The molecule has 0 fully saturated rings. The summed E-state index contributed by atoms with van der Waals surface area (Å²) >= 11 is 0. The average Bonchev–Trinajstić information content (AvgIpc) is 2.75. The third kappa shape index (κ3) is 19.7. The third-order valence-electron chi connectivity index (χ3n) is 6.17. The average molecular weight is 444 g/mol. The number of aliphatic hydroxyl groups excluding tert-OH is 3. The molecule has 31 heavy (non-hydrogen) atoms. The van der Waals surface area contributed by atoms with Crippen LogP contribution in [0.4, 0.5) is 0 Å². The Hall–Kier alpha value is -0.650. The van der Waals surface area contributed by atoms with Crippen molar-refractivity contribution in [3.63, 3.8) is 0 Å². The van der Waals surface area contributed by atoms with Gasteiger partial charge < -0.3 is 20.6 Å². The van der Waals surface area contributed by atoms with Crippen molar-refractivity contribution in [2.24, 2.45) is 0 Å². The van der Waals surface area contributed by atoms with Crippen LogP contribution in [-0.2, 0) is 4.79 Å². The largest absolute Gasteiger partial charge is 0.394 e. The smallest absolute Gasteiger partial charge is 0.222 e. The molecule has 1 amide bonds. The van der Waals surface area contributed by atoms with Gasteiger partial charge >= 0.3 is 0 Å². The lowest BCUT2D eigenvalue weighted by molar-refractivity contribution is -0.125. The summed E-state index contributed by atoms with van der Waals surface area (Å²) in [5.41, 5.74) is 0. The number of unbranched alkanes of at least 4 members (excludes halogenated alkanes) is 14. The van der Waals surface area contributed by atoms with E-state index in [9.17, 15) is 20.1 Å². The number of hydrogen-bond acceptors (Lipinski definition) is 4. The second-order valence-corrected chi connectivity index (χ2v) is 9.31. The Labute approximate surface area is 192 Å². The van der Waals surface area contributed by atoms with Gasteiger partial charge in [-0.3, -0.25) is 4.79 Å². The van der Waals surface area contributed by atoms with Crippen LogP contribution in [0.25, 0.3) is 0 Å². The van der Waals surface area contributed by atoms with Crippen LogP contribution < -0.4 is 5.32 Å². The fourth-order valence-electron chi connectivity index (χ4n) is 4.05. The molecule has 0 radical (unpaired) electrons. The summed E-state index contributed by atoms with van der Waals surface area (Å²) in [7, 11) is 0. The fraction of sp³-hybridized carbons (Fsp3) is 0.962. The summed E-state index contributed by atoms with van der Waals surface area (Å²) < 4.78 is 0. The number of aliphatic hydroxyl groups is 3. The van der Waals surface area contributed by atoms with Crippen LogP contribution in [0.15, 0.2) is 0 Å². The molecule has 0 spiro atoms. The number of carbonyl (C=O) groups excluding carboxylic acids is 1. The summed E-state index contributed by atoms with van der Waals surface area (Å²) in [4.78, 5) is 12.1. The molecule has 0 aromatic rings. The predicted molar refractivity (Wildman–Crippen MR) is 130 cm³/mol. The van der Waals surface area contributed by atoms with E-state index in [1.54, 1.807) is 0 Å². The van der Waals surface area contributed by atoms with E-state index in [2.05, 4.69) is 19.2 Å². The molecular formula is C26H53NO4. The van der Waals surface area contributed by atoms with Crippen LogP contribution in [0.2, 0.25) is 0 Å². The Kier molecular flexibility index (Phi) is 22.1. The predicted octanol–water partition coefficient (Wildman–Crippen LogP) is 5.64. The van der Waals surface area contributed by atoms with Crippen molar-refractivity contribution in [3.8, 4) is 0 Å². The summed E-state index contributed by atoms with van der Waals surface area (Å²) in [6, 6.07) is -0.646. The lowest BCUT2D eigenvalue weighted by atomic mass is 10.0. The summed E-state index contributed by atoms with van der Waals surface area (Å²) in [5.74, 6) is -0.299. The first-order chi connectivity index (χ1) is 15.0. The van der Waals surface area contributed by atoms with Gasteiger partial charge in [0.1, 0.15) is 0 Å². The number of nitrogens with one attached hydrogen (secondary N) is 1. The fourth-order valence-corrected chi connectivity index (χ4v) is 4.05. The van der Waals surface area contributed by atoms with E-state index in [1.165, 1.54) is 70.6 Å². The van der Waals surface area contributed by atoms with E-state index in [1.807, 2.05) is 0 Å². The van der Waals surface area contributed by atoms with Crippen molar-refractivity contribution in [2.75, 3.05) is 6.61 Å². The lowest BCUT2D eigenvalue weighted by Crippen LogP contribution is -2.46. The van der Waals surface area contributed by atoms with Gasteiger partial charge in [-0.2, -0.15) is 0 Å². The Balaban J connectivity index is 3.68. The Morgan fingerprint density at radius 1 is 0.677 bits per heavy atom. The molecule has 0 unspecified atom stereocenters. The highest BCUT2D eigenvalue weighted by Gasteiger charge is 2.21. The molecule has 0 aliphatic heterocycles. The van der Waals surface area contributed by atoms with Crippen molar-refractivity contribution in [2.45, 2.75) is 154 Å². The molecule has 5 heteroatoms. The Morgan fingerprint density at radius 3 is 1.58 bits per heavy atom. The van der Waals surface area contributed by atoms with Gasteiger partial charge in [0, 0.05) is 0 Å². The minimum atomic E-state index is -0.737. The van der Waals surface area contributed by atoms with E-state index in [0.29, 0.717) is 12.8 Å². The van der Waals surface area contributed by atoms with Crippen molar-refractivity contribution >= 4 is 5.91 Å². The molecule has 0 aliphatic carbocycles. The van der Waals surface area contributed by atoms with E-state index >= 15 is 0 Å². The van der Waals surface area contributed by atoms with Crippen LogP contribution in [0.1, 0.15) is 136 Å². The number of amides is 1. The summed E-state index contributed by atoms with van der Waals surface area (Å²) in [6.45, 7) is 4.08. The first-order valence-corrected chi connectivity index (χ1v) is 13.3. The maximum atomic E-state index is 12.1. The molecule has 3 atom stereocenters. The number of hydrogen-bond donors (Lipinski definition) is 4. The lowest BCUT2D eigenvalue weighted by Gasteiger charge is -2.23. The van der Waals surface area contributed by atoms with Crippen LogP contribution >= 0.6 is 0 Å². The molecule has 4 N–H and O–H groups in total. The van der Waals surface area contributed by atoms with E-state index in [4.69, 9.17) is 0 Å². The van der Waals surface area contributed by atoms with E-state index in [0.717, 1.165) is 32.1 Å². The molecule has 186 valence electrons. The van der Waals surface area contributed by atoms with Crippen molar-refractivity contribution in [1.82, 2.24) is 5.32 Å². The summed E-state index contributed by atoms with van der Waals surface area (Å²) in [5, 5.41) is 32.4. The second-order valence-electron chi connectivity index (χ2n) is 9.31. The van der Waals surface area contributed by atoms with Gasteiger partial charge in [-0.05, 0) is 12.8 Å². The Bertz CT molecular complexity index is 392. The second kappa shape index (κ2) is 22.5. The molecule has 0 saturated carbocycles. The van der Waals surface area contributed by atoms with Gasteiger partial charge in [-0.25, -0.2) is 0 Å². The molecule has 0 aliphatic rings. The first kappa shape index (κ1) is 30.4. The SMILES string of the molecule is CCCCCCCCCCCCCCC[C@@H](O)[C@H](CO)NC(=O)C[C@@H](O)CCCCC. The van der Waals surface area contributed by atoms with Crippen LogP contribution in [-0.4, -0.2) is 46.1 Å². The number of rotatable bonds is 23. The molecule has 0 aromatic carbocycles. The maximum absolute atomic E-state index is 12.1. The van der Waals surface area contributed by atoms with E-state index < -0.39 is 18.2 Å². The van der Waals surface area contributed by atoms with Gasteiger partial charge in [-0.1, -0.05) is 117 Å². The highest BCUT2D eigenvalue weighted by molar-refractivity contribution is 5.76. The topological polar surface area (TPSA) is 89.8 Å². The van der Waals surface area contributed by atoms with Gasteiger partial charge in [0.2, 0.25) is 5.91 Å². The molecular weight excluding hydrogens is 390 g/mol. The van der Waals surface area contributed by atoms with E-state index in [-0.39, 0.29) is 18.9 Å². The van der Waals surface area contributed by atoms with Crippen molar-refractivity contribution < 1.29 is 20.1 Å². The monoisotopic (exact) mass is 443 g/mol. The Morgan fingerprint density at radius 2 is 1.10 bits per heavy atom. The minimum Gasteiger partial charge on any atom is -0.394 e. The number of carbonyl (C=O) groups is 1. The summed E-state index contributed by atoms with van der Waals surface area (Å²) in [6.07, 6.45) is 19.5. The minimum absolute atomic E-state index is 0.0334. The van der Waals surface area contributed by atoms with Crippen molar-refractivity contribution in [3.05, 3.63) is 0 Å². The zero-order chi connectivity index (χ0) is 23.2. The van der Waals surface area contributed by atoms with Gasteiger partial charge in [0.15, 0.2) is 0 Å². The molecule has 0 aromatic heterocycles. The first-order valence-electron chi connectivity index (χ1n) is 13.3. The molecule has 0 heterocycles. The van der Waals surface area contributed by atoms with Crippen LogP contribution in [0, 0.1) is 0 Å². The highest BCUT2D eigenvalue weighted by atomic mass is 16.3. The van der Waals surface area contributed by atoms with Crippen LogP contribution in [0.3, 0.4) is 0 Å². The highest BCUT2D eigenvalue weighted by Crippen LogP contribution is 2.14. The third-order valence-corrected chi connectivity index (χ3v) is 6.17. The van der Waals surface area contributed by atoms with Crippen molar-refractivity contribution in [1.29, 1.82) is 0 Å². The van der Waals surface area contributed by atoms with Gasteiger partial charge in [-0.15, -0.1) is 0 Å².